The highest BCUT2D eigenvalue weighted by atomic mass is 19.1. The van der Waals surface area contributed by atoms with Crippen LogP contribution in [-0.2, 0) is 11.2 Å². The summed E-state index contributed by atoms with van der Waals surface area (Å²) in [5, 5.41) is 3.93. The molecule has 1 heterocycles. The van der Waals surface area contributed by atoms with Crippen molar-refractivity contribution in [1.82, 2.24) is 5.43 Å². The molecular weight excluding hydrogens is 351 g/mol. The second-order valence-corrected chi connectivity index (χ2v) is 6.08. The highest BCUT2D eigenvalue weighted by molar-refractivity contribution is 5.86. The van der Waals surface area contributed by atoms with Gasteiger partial charge in [-0.1, -0.05) is 12.1 Å². The molecule has 0 fully saturated rings. The fraction of sp³-hybridized carbons (Fsp3) is 0.300. The van der Waals surface area contributed by atoms with E-state index in [1.807, 2.05) is 26.0 Å². The second-order valence-electron chi connectivity index (χ2n) is 6.08. The Bertz CT molecular complexity index is 854. The first-order valence-corrected chi connectivity index (χ1v) is 8.72. The third-order valence-corrected chi connectivity index (χ3v) is 3.92. The second kappa shape index (κ2) is 8.53. The SMILES string of the molecule is CCOc1cc2c(cc1/C=N\NC(=O)COc1ccccc1F)O[C@@H](C)C2. The van der Waals surface area contributed by atoms with E-state index in [9.17, 15) is 9.18 Å². The molecule has 0 bridgehead atoms. The largest absolute Gasteiger partial charge is 0.493 e. The van der Waals surface area contributed by atoms with Gasteiger partial charge < -0.3 is 14.2 Å². The minimum absolute atomic E-state index is 0.0140. The standard InChI is InChI=1S/C20H21FN2O4/c1-3-25-18-9-14-8-13(2)27-19(14)10-15(18)11-22-23-20(24)12-26-17-7-5-4-6-16(17)21/h4-7,9-11,13H,3,8,12H2,1-2H3,(H,23,24)/b22-11-/t13-/m0/s1. The quantitative estimate of drug-likeness (QED) is 0.599. The van der Waals surface area contributed by atoms with Crippen LogP contribution in [0, 0.1) is 5.82 Å². The fourth-order valence-corrected chi connectivity index (χ4v) is 2.75. The van der Waals surface area contributed by atoms with Gasteiger partial charge in [0.2, 0.25) is 0 Å². The molecule has 6 nitrogen and oxygen atoms in total. The van der Waals surface area contributed by atoms with E-state index < -0.39 is 11.7 Å². The maximum absolute atomic E-state index is 13.5. The molecule has 0 saturated carbocycles. The fourth-order valence-electron chi connectivity index (χ4n) is 2.75. The van der Waals surface area contributed by atoms with Crippen LogP contribution in [-0.4, -0.2) is 31.4 Å². The number of halogens is 1. The summed E-state index contributed by atoms with van der Waals surface area (Å²) >= 11 is 0. The number of amides is 1. The molecule has 0 aliphatic carbocycles. The topological polar surface area (TPSA) is 69.2 Å². The lowest BCUT2D eigenvalue weighted by Gasteiger charge is -2.09. The van der Waals surface area contributed by atoms with Gasteiger partial charge in [0, 0.05) is 17.5 Å². The van der Waals surface area contributed by atoms with Crippen LogP contribution in [0.25, 0.3) is 0 Å². The maximum atomic E-state index is 13.5. The Morgan fingerprint density at radius 1 is 1.33 bits per heavy atom. The molecule has 1 aliphatic heterocycles. The van der Waals surface area contributed by atoms with E-state index in [1.54, 1.807) is 12.1 Å². The third kappa shape index (κ3) is 4.75. The third-order valence-electron chi connectivity index (χ3n) is 3.92. The van der Waals surface area contributed by atoms with Crippen LogP contribution >= 0.6 is 0 Å². The number of carbonyl (C=O) groups excluding carboxylic acids is 1. The van der Waals surface area contributed by atoms with E-state index in [0.717, 1.165) is 17.7 Å². The summed E-state index contributed by atoms with van der Waals surface area (Å²) in [4.78, 5) is 11.8. The van der Waals surface area contributed by atoms with Gasteiger partial charge in [0.15, 0.2) is 18.2 Å². The van der Waals surface area contributed by atoms with Crippen LogP contribution in [0.2, 0.25) is 0 Å². The van der Waals surface area contributed by atoms with Crippen LogP contribution in [0.15, 0.2) is 41.5 Å². The molecule has 1 aliphatic rings. The summed E-state index contributed by atoms with van der Waals surface area (Å²) < 4.78 is 30.0. The lowest BCUT2D eigenvalue weighted by molar-refractivity contribution is -0.123. The van der Waals surface area contributed by atoms with E-state index in [2.05, 4.69) is 10.5 Å². The molecule has 1 atom stereocenters. The average Bonchev–Trinajstić information content (AvgIpc) is 3.00. The molecule has 0 unspecified atom stereocenters. The van der Waals surface area contributed by atoms with Crippen molar-refractivity contribution in [2.45, 2.75) is 26.4 Å². The zero-order valence-electron chi connectivity index (χ0n) is 15.2. The van der Waals surface area contributed by atoms with Crippen molar-refractivity contribution in [2.24, 2.45) is 5.10 Å². The highest BCUT2D eigenvalue weighted by Crippen LogP contribution is 2.34. The van der Waals surface area contributed by atoms with Crippen LogP contribution in [0.3, 0.4) is 0 Å². The van der Waals surface area contributed by atoms with Gasteiger partial charge in [-0.25, -0.2) is 9.82 Å². The predicted molar refractivity (Wildman–Crippen MR) is 99.0 cm³/mol. The van der Waals surface area contributed by atoms with Crippen molar-refractivity contribution in [3.8, 4) is 17.2 Å². The molecule has 27 heavy (non-hydrogen) atoms. The van der Waals surface area contributed by atoms with E-state index in [4.69, 9.17) is 14.2 Å². The summed E-state index contributed by atoms with van der Waals surface area (Å²) in [5.74, 6) is 0.456. The lowest BCUT2D eigenvalue weighted by atomic mass is 10.1. The van der Waals surface area contributed by atoms with Gasteiger partial charge in [-0.3, -0.25) is 4.79 Å². The lowest BCUT2D eigenvalue weighted by Crippen LogP contribution is -2.24. The number of hydrogen-bond donors (Lipinski definition) is 1. The first-order valence-electron chi connectivity index (χ1n) is 8.72. The number of hydrogen-bond acceptors (Lipinski definition) is 5. The Kier molecular flexibility index (Phi) is 5.90. The Hall–Kier alpha value is -3.09. The van der Waals surface area contributed by atoms with Gasteiger partial charge in [0.05, 0.1) is 12.8 Å². The monoisotopic (exact) mass is 372 g/mol. The van der Waals surface area contributed by atoms with Crippen molar-refractivity contribution < 1.29 is 23.4 Å². The van der Waals surface area contributed by atoms with Crippen LogP contribution in [0.5, 0.6) is 17.2 Å². The molecule has 2 aromatic carbocycles. The maximum Gasteiger partial charge on any atom is 0.277 e. The predicted octanol–water partition coefficient (Wildman–Crippen LogP) is 3.08. The molecule has 0 aromatic heterocycles. The van der Waals surface area contributed by atoms with Crippen LogP contribution < -0.4 is 19.6 Å². The summed E-state index contributed by atoms with van der Waals surface area (Å²) in [5.41, 5.74) is 4.14. The number of carbonyl (C=O) groups is 1. The number of benzene rings is 2. The Morgan fingerprint density at radius 3 is 2.93 bits per heavy atom. The van der Waals surface area contributed by atoms with Gasteiger partial charge in [-0.15, -0.1) is 0 Å². The zero-order valence-corrected chi connectivity index (χ0v) is 15.2. The number of para-hydroxylation sites is 1. The Balaban J connectivity index is 1.61. The minimum Gasteiger partial charge on any atom is -0.493 e. The zero-order chi connectivity index (χ0) is 19.2. The molecule has 142 valence electrons. The highest BCUT2D eigenvalue weighted by Gasteiger charge is 2.21. The molecule has 0 radical (unpaired) electrons. The molecular formula is C20H21FN2O4. The Morgan fingerprint density at radius 2 is 2.15 bits per heavy atom. The van der Waals surface area contributed by atoms with Crippen molar-refractivity contribution >= 4 is 12.1 Å². The van der Waals surface area contributed by atoms with Crippen molar-refractivity contribution in [1.29, 1.82) is 0 Å². The number of fused-ring (bicyclic) bond motifs is 1. The van der Waals surface area contributed by atoms with E-state index in [-0.39, 0.29) is 18.5 Å². The summed E-state index contributed by atoms with van der Waals surface area (Å²) in [6, 6.07) is 9.66. The van der Waals surface area contributed by atoms with Gasteiger partial charge in [-0.2, -0.15) is 5.10 Å². The van der Waals surface area contributed by atoms with Gasteiger partial charge in [0.25, 0.3) is 5.91 Å². The molecule has 7 heteroatoms. The Labute approximate surface area is 156 Å². The average molecular weight is 372 g/mol. The van der Waals surface area contributed by atoms with Crippen molar-refractivity contribution in [3.05, 3.63) is 53.3 Å². The molecule has 2 aromatic rings. The van der Waals surface area contributed by atoms with Crippen molar-refractivity contribution in [3.63, 3.8) is 0 Å². The van der Waals surface area contributed by atoms with Gasteiger partial charge in [-0.05, 0) is 38.1 Å². The summed E-state index contributed by atoms with van der Waals surface area (Å²) in [7, 11) is 0. The minimum atomic E-state index is -0.525. The summed E-state index contributed by atoms with van der Waals surface area (Å²) in [6.07, 6.45) is 2.44. The molecule has 1 N–H and O–H groups in total. The summed E-state index contributed by atoms with van der Waals surface area (Å²) in [6.45, 7) is 4.07. The van der Waals surface area contributed by atoms with E-state index >= 15 is 0 Å². The number of rotatable bonds is 7. The van der Waals surface area contributed by atoms with Gasteiger partial charge >= 0.3 is 0 Å². The van der Waals surface area contributed by atoms with Gasteiger partial charge in [0.1, 0.15) is 17.6 Å². The number of ether oxygens (including phenoxy) is 3. The van der Waals surface area contributed by atoms with Crippen LogP contribution in [0.4, 0.5) is 4.39 Å². The number of nitrogens with one attached hydrogen (secondary N) is 1. The normalized spacial score (nSPS) is 15.3. The molecule has 0 spiro atoms. The first-order chi connectivity index (χ1) is 13.1. The van der Waals surface area contributed by atoms with E-state index in [1.165, 1.54) is 18.3 Å². The first kappa shape index (κ1) is 18.7. The number of nitrogens with zero attached hydrogens (tertiary/aromatic N) is 1. The smallest absolute Gasteiger partial charge is 0.277 e. The molecule has 0 saturated heterocycles. The van der Waals surface area contributed by atoms with Crippen molar-refractivity contribution in [2.75, 3.05) is 13.2 Å². The number of hydrazone groups is 1. The van der Waals surface area contributed by atoms with E-state index in [0.29, 0.717) is 17.9 Å². The molecule has 1 amide bonds. The van der Waals surface area contributed by atoms with Crippen LogP contribution in [0.1, 0.15) is 25.0 Å². The molecule has 3 rings (SSSR count).